The molecule has 3 heterocycles. The molecule has 50 heavy (non-hydrogen) atoms. The molecule has 7 aromatic carbocycles. The molecule has 0 aliphatic carbocycles. The Morgan fingerprint density at radius 2 is 1.12 bits per heavy atom. The molecule has 0 saturated carbocycles. The lowest BCUT2D eigenvalue weighted by Gasteiger charge is -2.16. The van der Waals surface area contributed by atoms with Crippen molar-refractivity contribution in [2.75, 3.05) is 0 Å². The van der Waals surface area contributed by atoms with Crippen LogP contribution in [-0.2, 0) is 0 Å². The van der Waals surface area contributed by atoms with Crippen LogP contribution in [-0.4, -0.2) is 19.5 Å². The highest BCUT2D eigenvalue weighted by molar-refractivity contribution is 6.12. The first-order chi connectivity index (χ1) is 29.3. The summed E-state index contributed by atoms with van der Waals surface area (Å²) in [5.74, 6) is 0.0475. The van der Waals surface area contributed by atoms with Crippen LogP contribution in [0, 0.1) is 0 Å². The fourth-order valence-corrected chi connectivity index (χ4v) is 6.51. The van der Waals surface area contributed by atoms with Crippen LogP contribution >= 0.6 is 0 Å². The summed E-state index contributed by atoms with van der Waals surface area (Å²) in [5.41, 5.74) is 3.22. The topological polar surface area (TPSA) is 56.7 Å². The summed E-state index contributed by atoms with van der Waals surface area (Å²) >= 11 is 0. The molecule has 0 radical (unpaired) electrons. The first-order valence-corrected chi connectivity index (χ1v) is 15.8. The van der Waals surface area contributed by atoms with Gasteiger partial charge in [-0.25, -0.2) is 15.0 Å². The molecule has 0 bridgehead atoms. The Bertz CT molecular complexity index is 3430. The average molecular weight is 652 g/mol. The number of nitrogens with zero attached hydrogens (tertiary/aromatic N) is 4. The number of hydrogen-bond donors (Lipinski definition) is 0. The second-order valence-corrected chi connectivity index (χ2v) is 11.6. The Balaban J connectivity index is 1.35. The molecular formula is C45H28N4O. The van der Waals surface area contributed by atoms with Gasteiger partial charge in [-0.05, 0) is 36.4 Å². The molecule has 5 nitrogen and oxygen atoms in total. The molecule has 0 spiro atoms. The molecule has 10 aromatic rings. The maximum absolute atomic E-state index is 9.46. The van der Waals surface area contributed by atoms with Crippen LogP contribution in [0.1, 0.15) is 15.1 Å². The highest BCUT2D eigenvalue weighted by atomic mass is 16.3. The van der Waals surface area contributed by atoms with Gasteiger partial charge in [-0.2, -0.15) is 0 Å². The summed E-state index contributed by atoms with van der Waals surface area (Å²) in [5, 5.41) is 1.94. The third-order valence-electron chi connectivity index (χ3n) is 8.72. The van der Waals surface area contributed by atoms with Crippen molar-refractivity contribution in [3.8, 4) is 51.0 Å². The maximum Gasteiger partial charge on any atom is 0.164 e. The van der Waals surface area contributed by atoms with E-state index >= 15 is 0 Å². The van der Waals surface area contributed by atoms with Crippen LogP contribution in [0.25, 0.3) is 94.7 Å². The van der Waals surface area contributed by atoms with E-state index in [1.807, 2.05) is 59.2 Å². The predicted octanol–water partition coefficient (Wildman–Crippen LogP) is 11.5. The van der Waals surface area contributed by atoms with Crippen molar-refractivity contribution in [1.82, 2.24) is 19.5 Å². The van der Waals surface area contributed by atoms with Crippen molar-refractivity contribution >= 4 is 43.7 Å². The fourth-order valence-electron chi connectivity index (χ4n) is 6.51. The molecule has 3 aromatic heterocycles. The van der Waals surface area contributed by atoms with E-state index in [-0.39, 0.29) is 80.8 Å². The highest BCUT2D eigenvalue weighted by Gasteiger charge is 2.21. The Labute approximate surface area is 303 Å². The molecule has 5 heteroatoms. The van der Waals surface area contributed by atoms with E-state index in [0.717, 1.165) is 21.8 Å². The number of para-hydroxylation sites is 4. The zero-order chi connectivity index (χ0) is 42.6. The van der Waals surface area contributed by atoms with Gasteiger partial charge in [0, 0.05) is 49.4 Å². The summed E-state index contributed by atoms with van der Waals surface area (Å²) < 4.78 is 104. The van der Waals surface area contributed by atoms with Gasteiger partial charge in [0.1, 0.15) is 11.2 Å². The fraction of sp³-hybridized carbons (Fsp3) is 0. The molecule has 0 aliphatic heterocycles. The standard InChI is InChI=1S/C45H28N4O/c1-3-14-29(15-4-1)43-46-44(30-16-5-2-6-17-30)48-45(47-43)31-26-27-40(49-38-23-10-7-18-32(38)33-19-8-11-24-39(33)49)37(28-31)36-22-13-21-35-34-20-9-12-25-41(34)50-42(35)36/h1-28H/i1D,3D,4D,9D,13D,14D,15D,20D,21D,22D,25D. The number of aromatic nitrogens is 4. The van der Waals surface area contributed by atoms with Crippen LogP contribution in [0.3, 0.4) is 0 Å². The Kier molecular flexibility index (Phi) is 4.38. The zero-order valence-electron chi connectivity index (χ0n) is 37.0. The first-order valence-electron chi connectivity index (χ1n) is 21.3. The second kappa shape index (κ2) is 11.4. The van der Waals surface area contributed by atoms with Gasteiger partial charge >= 0.3 is 0 Å². The van der Waals surface area contributed by atoms with E-state index in [1.54, 1.807) is 42.5 Å². The molecule has 0 saturated heterocycles. The SMILES string of the molecule is [2H]c1cc([2H])c2oc3c(-c4cc(-c5nc(-c6ccccc6)nc(-c6c([2H])c([2H])c([2H])c([2H])c6[2H])n5)ccc4-n4c5ccccc5c5ccccc54)c([2H])c([2H])c([2H])c3c2c1[2H]. The predicted molar refractivity (Wildman–Crippen MR) is 203 cm³/mol. The quantitative estimate of drug-likeness (QED) is 0.186. The van der Waals surface area contributed by atoms with Crippen molar-refractivity contribution < 1.29 is 19.5 Å². The molecule has 10 rings (SSSR count). The van der Waals surface area contributed by atoms with Crippen molar-refractivity contribution in [1.29, 1.82) is 0 Å². The second-order valence-electron chi connectivity index (χ2n) is 11.6. The van der Waals surface area contributed by atoms with E-state index in [1.165, 1.54) is 6.07 Å². The first kappa shape index (κ1) is 19.2. The Morgan fingerprint density at radius 1 is 0.460 bits per heavy atom. The van der Waals surface area contributed by atoms with Crippen LogP contribution in [0.5, 0.6) is 0 Å². The van der Waals surface area contributed by atoms with E-state index in [2.05, 4.69) is 4.98 Å². The summed E-state index contributed by atoms with van der Waals surface area (Å²) in [6.07, 6.45) is 0. The molecule has 0 N–H and O–H groups in total. The lowest BCUT2D eigenvalue weighted by molar-refractivity contribution is 0.670. The minimum absolute atomic E-state index is 0.0202. The summed E-state index contributed by atoms with van der Waals surface area (Å²) in [6.45, 7) is 0. The van der Waals surface area contributed by atoms with E-state index in [0.29, 0.717) is 22.4 Å². The molecule has 0 atom stereocenters. The molecule has 234 valence electrons. The minimum atomic E-state index is -0.564. The maximum atomic E-state index is 9.46. The Hall–Kier alpha value is -6.85. The zero-order valence-corrected chi connectivity index (χ0v) is 26.0. The molecular weight excluding hydrogens is 613 g/mol. The Morgan fingerprint density at radius 3 is 1.88 bits per heavy atom. The minimum Gasteiger partial charge on any atom is -0.455 e. The van der Waals surface area contributed by atoms with Gasteiger partial charge in [0.25, 0.3) is 0 Å². The molecule has 0 amide bonds. The third-order valence-corrected chi connectivity index (χ3v) is 8.72. The van der Waals surface area contributed by atoms with E-state index in [4.69, 9.17) is 28.1 Å². The number of fused-ring (bicyclic) bond motifs is 6. The lowest BCUT2D eigenvalue weighted by Crippen LogP contribution is -2.02. The normalized spacial score (nSPS) is 14.7. The number of rotatable bonds is 5. The van der Waals surface area contributed by atoms with Gasteiger partial charge in [0.05, 0.1) is 31.8 Å². The summed E-state index contributed by atoms with van der Waals surface area (Å²) in [4.78, 5) is 14.2. The van der Waals surface area contributed by atoms with Gasteiger partial charge in [-0.15, -0.1) is 0 Å². The lowest BCUT2D eigenvalue weighted by atomic mass is 9.98. The monoisotopic (exact) mass is 651 g/mol. The van der Waals surface area contributed by atoms with Crippen LogP contribution in [0.2, 0.25) is 0 Å². The number of hydrogen-bond acceptors (Lipinski definition) is 4. The van der Waals surface area contributed by atoms with Gasteiger partial charge < -0.3 is 8.98 Å². The van der Waals surface area contributed by atoms with Gasteiger partial charge in [0.2, 0.25) is 0 Å². The van der Waals surface area contributed by atoms with Crippen LogP contribution < -0.4 is 0 Å². The summed E-state index contributed by atoms with van der Waals surface area (Å²) in [6, 6.07) is 26.5. The van der Waals surface area contributed by atoms with Crippen molar-refractivity contribution in [2.24, 2.45) is 0 Å². The third kappa shape index (κ3) is 4.52. The van der Waals surface area contributed by atoms with Crippen molar-refractivity contribution in [3.05, 3.63) is 170 Å². The van der Waals surface area contributed by atoms with E-state index < -0.39 is 36.3 Å². The van der Waals surface area contributed by atoms with E-state index in [9.17, 15) is 1.37 Å². The molecule has 0 fully saturated rings. The molecule has 0 aliphatic rings. The number of benzene rings is 7. The van der Waals surface area contributed by atoms with Crippen molar-refractivity contribution in [2.45, 2.75) is 0 Å². The number of furan rings is 1. The smallest absolute Gasteiger partial charge is 0.164 e. The van der Waals surface area contributed by atoms with Crippen LogP contribution in [0.15, 0.2) is 174 Å². The average Bonchev–Trinajstić information content (AvgIpc) is 3.84. The van der Waals surface area contributed by atoms with Gasteiger partial charge in [0.15, 0.2) is 17.5 Å². The van der Waals surface area contributed by atoms with Gasteiger partial charge in [-0.3, -0.25) is 0 Å². The largest absolute Gasteiger partial charge is 0.455 e. The van der Waals surface area contributed by atoms with Crippen molar-refractivity contribution in [3.63, 3.8) is 0 Å². The van der Waals surface area contributed by atoms with Gasteiger partial charge in [-0.1, -0.05) is 133 Å². The highest BCUT2D eigenvalue weighted by Crippen LogP contribution is 2.42. The van der Waals surface area contributed by atoms with Crippen LogP contribution in [0.4, 0.5) is 0 Å². The molecule has 0 unspecified atom stereocenters. The summed E-state index contributed by atoms with van der Waals surface area (Å²) in [7, 11) is 0.